The number of carbonyl (C=O) groups is 1. The fourth-order valence-corrected chi connectivity index (χ4v) is 4.41. The van der Waals surface area contributed by atoms with Crippen molar-refractivity contribution >= 4 is 29.1 Å². The van der Waals surface area contributed by atoms with Gasteiger partial charge in [-0.1, -0.05) is 49.4 Å². The van der Waals surface area contributed by atoms with Gasteiger partial charge < -0.3 is 9.47 Å². The molecule has 0 radical (unpaired) electrons. The van der Waals surface area contributed by atoms with Crippen LogP contribution in [0.15, 0.2) is 52.7 Å². The fraction of sp³-hybridized carbons (Fsp3) is 0.348. The Morgan fingerprint density at radius 1 is 1.17 bits per heavy atom. The molecule has 3 rings (SSSR count). The Kier molecular flexibility index (Phi) is 7.52. The largest absolute Gasteiger partial charge is 0.497 e. The van der Waals surface area contributed by atoms with Gasteiger partial charge in [0.15, 0.2) is 5.17 Å². The summed E-state index contributed by atoms with van der Waals surface area (Å²) in [5.74, 6) is 1.45. The molecule has 1 aliphatic heterocycles. The van der Waals surface area contributed by atoms with E-state index in [2.05, 4.69) is 30.1 Å². The number of rotatable bonds is 8. The molecule has 1 fully saturated rings. The molecule has 158 valence electrons. The average molecular weight is 426 g/mol. The molecule has 0 saturated carbocycles. The molecule has 6 nitrogen and oxygen atoms in total. The van der Waals surface area contributed by atoms with Crippen LogP contribution < -0.4 is 9.47 Å². The Labute approximate surface area is 182 Å². The van der Waals surface area contributed by atoms with E-state index in [9.17, 15) is 4.79 Å². The lowest BCUT2D eigenvalue weighted by Crippen LogP contribution is -2.31. The Bertz CT molecular complexity index is 958. The van der Waals surface area contributed by atoms with Crippen LogP contribution in [0.3, 0.4) is 0 Å². The first-order valence-electron chi connectivity index (χ1n) is 9.93. The molecule has 30 heavy (non-hydrogen) atoms. The summed E-state index contributed by atoms with van der Waals surface area (Å²) in [7, 11) is 3.21. The number of amides is 1. The van der Waals surface area contributed by atoms with Gasteiger partial charge in [0.05, 0.1) is 32.2 Å². The van der Waals surface area contributed by atoms with Crippen molar-refractivity contribution in [3.05, 3.63) is 59.2 Å². The molecule has 0 N–H and O–H groups in total. The maximum absolute atomic E-state index is 13.0. The predicted octanol–water partition coefficient (Wildman–Crippen LogP) is 4.65. The minimum atomic E-state index is -0.108. The normalized spacial score (nSPS) is 17.9. The predicted molar refractivity (Wildman–Crippen MR) is 123 cm³/mol. The van der Waals surface area contributed by atoms with E-state index >= 15 is 0 Å². The van der Waals surface area contributed by atoms with Gasteiger partial charge in [-0.3, -0.25) is 9.69 Å². The number of thioether (sulfide) groups is 1. The summed E-state index contributed by atoms with van der Waals surface area (Å²) in [5.41, 5.74) is 3.05. The highest BCUT2D eigenvalue weighted by molar-refractivity contribution is 8.15. The molecule has 1 heterocycles. The zero-order valence-corrected chi connectivity index (χ0v) is 18.6. The van der Waals surface area contributed by atoms with Crippen LogP contribution in [0.25, 0.3) is 0 Å². The first-order chi connectivity index (χ1) is 14.6. The average Bonchev–Trinajstić information content (AvgIpc) is 3.05. The smallest absolute Gasteiger partial charge is 0.242 e. The highest BCUT2D eigenvalue weighted by Gasteiger charge is 2.37. The number of hydrogen-bond acceptors (Lipinski definition) is 6. The van der Waals surface area contributed by atoms with Crippen LogP contribution in [0, 0.1) is 6.92 Å². The van der Waals surface area contributed by atoms with E-state index in [1.54, 1.807) is 31.4 Å². The van der Waals surface area contributed by atoms with Crippen molar-refractivity contribution < 1.29 is 14.3 Å². The maximum atomic E-state index is 13.0. The zero-order valence-electron chi connectivity index (χ0n) is 17.8. The van der Waals surface area contributed by atoms with Crippen molar-refractivity contribution in [2.45, 2.75) is 38.5 Å². The Morgan fingerprint density at radius 3 is 2.67 bits per heavy atom. The lowest BCUT2D eigenvalue weighted by atomic mass is 10.1. The number of nitrogens with zero attached hydrogens (tertiary/aromatic N) is 3. The Hall–Kier alpha value is -2.80. The lowest BCUT2D eigenvalue weighted by Gasteiger charge is -2.17. The fourth-order valence-electron chi connectivity index (χ4n) is 3.20. The number of carbonyl (C=O) groups excluding carboxylic acids is 1. The number of aryl methyl sites for hydroxylation is 1. The quantitative estimate of drug-likeness (QED) is 0.456. The van der Waals surface area contributed by atoms with Gasteiger partial charge in [-0.15, -0.1) is 5.10 Å². The van der Waals surface area contributed by atoms with Crippen molar-refractivity contribution in [2.75, 3.05) is 14.2 Å². The van der Waals surface area contributed by atoms with Crippen LogP contribution in [-0.2, 0) is 11.3 Å². The second-order valence-electron chi connectivity index (χ2n) is 6.98. The van der Waals surface area contributed by atoms with Crippen molar-refractivity contribution in [1.29, 1.82) is 0 Å². The van der Waals surface area contributed by atoms with E-state index in [0.717, 1.165) is 29.5 Å². The van der Waals surface area contributed by atoms with Crippen LogP contribution in [0.2, 0.25) is 0 Å². The van der Waals surface area contributed by atoms with Crippen molar-refractivity contribution in [3.8, 4) is 11.5 Å². The highest BCUT2D eigenvalue weighted by Crippen LogP contribution is 2.32. The second kappa shape index (κ2) is 10.3. The molecule has 0 bridgehead atoms. The summed E-state index contributed by atoms with van der Waals surface area (Å²) in [4.78, 5) is 14.7. The first kappa shape index (κ1) is 21.9. The second-order valence-corrected chi connectivity index (χ2v) is 8.15. The topological polar surface area (TPSA) is 63.5 Å². The van der Waals surface area contributed by atoms with E-state index in [1.165, 1.54) is 11.8 Å². The van der Waals surface area contributed by atoms with Crippen LogP contribution >= 0.6 is 11.8 Å². The Balaban J connectivity index is 1.85. The molecule has 2 aromatic carbocycles. The van der Waals surface area contributed by atoms with Crippen molar-refractivity contribution in [3.63, 3.8) is 0 Å². The molecule has 0 aromatic heterocycles. The summed E-state index contributed by atoms with van der Waals surface area (Å²) < 4.78 is 10.6. The van der Waals surface area contributed by atoms with Gasteiger partial charge in [-0.2, -0.15) is 5.10 Å². The molecule has 1 saturated heterocycles. The number of benzene rings is 2. The summed E-state index contributed by atoms with van der Waals surface area (Å²) in [5, 5.41) is 9.17. The third-order valence-corrected chi connectivity index (χ3v) is 6.18. The third kappa shape index (κ3) is 5.02. The van der Waals surface area contributed by atoms with Gasteiger partial charge in [0.25, 0.3) is 0 Å². The van der Waals surface area contributed by atoms with Gasteiger partial charge >= 0.3 is 0 Å². The minimum Gasteiger partial charge on any atom is -0.497 e. The van der Waals surface area contributed by atoms with Gasteiger partial charge in [0.2, 0.25) is 5.91 Å². The number of methoxy groups -OCH3 is 2. The molecule has 0 spiro atoms. The van der Waals surface area contributed by atoms with Crippen molar-refractivity contribution in [1.82, 2.24) is 4.90 Å². The standard InChI is InChI=1S/C23H27N3O3S/c1-5-8-21-22(27)26(15-18-10-7-6-9-16(18)2)23(30-21)25-24-14-17-11-12-19(28-3)13-20(17)29-4/h6-7,9-14,21H,5,8,15H2,1-4H3/b24-14-,25-23-/t21-/m0/s1. The zero-order chi connectivity index (χ0) is 21.5. The molecule has 1 atom stereocenters. The highest BCUT2D eigenvalue weighted by atomic mass is 32.2. The van der Waals surface area contributed by atoms with E-state index in [-0.39, 0.29) is 11.2 Å². The summed E-state index contributed by atoms with van der Waals surface area (Å²) >= 11 is 1.49. The lowest BCUT2D eigenvalue weighted by molar-refractivity contribution is -0.126. The summed E-state index contributed by atoms with van der Waals surface area (Å²) in [6.07, 6.45) is 3.40. The number of amidine groups is 1. The SMILES string of the molecule is CCC[C@@H]1S/C(=N\N=C/c2ccc(OC)cc2OC)N(Cc2ccccc2C)C1=O. The van der Waals surface area contributed by atoms with E-state index < -0.39 is 0 Å². The van der Waals surface area contributed by atoms with Crippen LogP contribution in [0.4, 0.5) is 0 Å². The van der Waals surface area contributed by atoms with Crippen LogP contribution in [-0.4, -0.2) is 41.7 Å². The van der Waals surface area contributed by atoms with E-state index in [1.807, 2.05) is 30.3 Å². The molecule has 1 amide bonds. The molecular formula is C23H27N3O3S. The summed E-state index contributed by atoms with van der Waals surface area (Å²) in [6, 6.07) is 13.6. The van der Waals surface area contributed by atoms with Crippen molar-refractivity contribution in [2.24, 2.45) is 10.2 Å². The number of hydrogen-bond donors (Lipinski definition) is 0. The van der Waals surface area contributed by atoms with Gasteiger partial charge in [0, 0.05) is 11.6 Å². The first-order valence-corrected chi connectivity index (χ1v) is 10.8. The van der Waals surface area contributed by atoms with Gasteiger partial charge in [0.1, 0.15) is 11.5 Å². The monoisotopic (exact) mass is 425 g/mol. The number of ether oxygens (including phenoxy) is 2. The third-order valence-electron chi connectivity index (χ3n) is 4.94. The Morgan fingerprint density at radius 2 is 1.97 bits per heavy atom. The van der Waals surface area contributed by atoms with Gasteiger partial charge in [-0.05, 0) is 36.6 Å². The van der Waals surface area contributed by atoms with Crippen LogP contribution in [0.5, 0.6) is 11.5 Å². The maximum Gasteiger partial charge on any atom is 0.242 e. The summed E-state index contributed by atoms with van der Waals surface area (Å²) in [6.45, 7) is 4.64. The minimum absolute atomic E-state index is 0.0982. The molecule has 0 unspecified atom stereocenters. The van der Waals surface area contributed by atoms with Crippen LogP contribution in [0.1, 0.15) is 36.5 Å². The molecule has 7 heteroatoms. The molecular weight excluding hydrogens is 398 g/mol. The molecule has 0 aliphatic carbocycles. The van der Waals surface area contributed by atoms with E-state index in [4.69, 9.17) is 9.47 Å². The van der Waals surface area contributed by atoms with Gasteiger partial charge in [-0.25, -0.2) is 0 Å². The van der Waals surface area contributed by atoms with E-state index in [0.29, 0.717) is 23.2 Å². The molecule has 2 aromatic rings. The molecule has 1 aliphatic rings.